The smallest absolute Gasteiger partial charge is 0.348 e. The number of carbonyl (C=O) groups excluding carboxylic acids is 1. The fourth-order valence-corrected chi connectivity index (χ4v) is 3.44. The molecule has 2 aromatic carbocycles. The number of rotatable bonds is 4. The van der Waals surface area contributed by atoms with Gasteiger partial charge in [-0.25, -0.2) is 4.79 Å². The maximum absolute atomic E-state index is 12.2. The molecule has 0 atom stereocenters. The maximum Gasteiger partial charge on any atom is 0.348 e. The normalized spacial score (nSPS) is 11.6. The third-order valence-corrected chi connectivity index (χ3v) is 4.72. The van der Waals surface area contributed by atoms with Crippen molar-refractivity contribution in [1.29, 1.82) is 0 Å². The van der Waals surface area contributed by atoms with Gasteiger partial charge in [0.1, 0.15) is 11.5 Å². The molecule has 3 rings (SSSR count). The number of hydrogen-bond donors (Lipinski definition) is 1. The van der Waals surface area contributed by atoms with Gasteiger partial charge in [0, 0.05) is 12.7 Å². The van der Waals surface area contributed by atoms with E-state index in [1.54, 1.807) is 31.4 Å². The van der Waals surface area contributed by atoms with E-state index in [1.165, 1.54) is 11.3 Å². The molecular formula is C18H19N3O3S. The molecule has 6 nitrogen and oxygen atoms in total. The van der Waals surface area contributed by atoms with Crippen molar-refractivity contribution in [2.75, 3.05) is 19.0 Å². The van der Waals surface area contributed by atoms with Crippen LogP contribution in [-0.4, -0.2) is 24.3 Å². The highest BCUT2D eigenvalue weighted by molar-refractivity contribution is 7.16. The number of hydrogen-bond acceptors (Lipinski definition) is 4. The van der Waals surface area contributed by atoms with Gasteiger partial charge in [0.05, 0.1) is 23.9 Å². The van der Waals surface area contributed by atoms with E-state index in [-0.39, 0.29) is 0 Å². The molecule has 0 fully saturated rings. The van der Waals surface area contributed by atoms with Gasteiger partial charge in [-0.3, -0.25) is 0 Å². The molecular weight excluding hydrogens is 338 g/mol. The minimum Gasteiger partial charge on any atom is -0.497 e. The highest BCUT2D eigenvalue weighted by Crippen LogP contribution is 2.23. The summed E-state index contributed by atoms with van der Waals surface area (Å²) in [6, 6.07) is 12.5. The van der Waals surface area contributed by atoms with E-state index in [1.807, 2.05) is 36.7 Å². The zero-order chi connectivity index (χ0) is 17.8. The van der Waals surface area contributed by atoms with Gasteiger partial charge in [-0.05, 0) is 49.4 Å². The summed E-state index contributed by atoms with van der Waals surface area (Å²) in [5.74, 6) is 1.54. The molecule has 130 valence electrons. The van der Waals surface area contributed by atoms with Gasteiger partial charge in [-0.2, -0.15) is 4.99 Å². The van der Waals surface area contributed by atoms with Crippen LogP contribution in [0.25, 0.3) is 10.2 Å². The average Bonchev–Trinajstić information content (AvgIpc) is 2.91. The molecule has 0 unspecified atom stereocenters. The third kappa shape index (κ3) is 3.83. The second-order valence-corrected chi connectivity index (χ2v) is 6.29. The van der Waals surface area contributed by atoms with E-state index in [0.29, 0.717) is 17.1 Å². The molecule has 0 aliphatic heterocycles. The van der Waals surface area contributed by atoms with Crippen LogP contribution in [-0.2, 0) is 7.05 Å². The topological polar surface area (TPSA) is 64.8 Å². The third-order valence-electron chi connectivity index (χ3n) is 3.63. The largest absolute Gasteiger partial charge is 0.497 e. The second-order valence-electron chi connectivity index (χ2n) is 5.28. The van der Waals surface area contributed by atoms with Crippen molar-refractivity contribution in [2.24, 2.45) is 12.0 Å². The van der Waals surface area contributed by atoms with Crippen molar-refractivity contribution in [3.8, 4) is 11.5 Å². The summed E-state index contributed by atoms with van der Waals surface area (Å²) in [7, 11) is 3.49. The number of anilines is 1. The quantitative estimate of drug-likeness (QED) is 0.773. The van der Waals surface area contributed by atoms with Crippen LogP contribution in [0.15, 0.2) is 47.5 Å². The number of ether oxygens (including phenoxy) is 2. The number of thiazole rings is 1. The maximum atomic E-state index is 12.2. The SMILES string of the molecule is CCOc1ccc2c(c1)s/c(=N\C(=O)Nc1ccc(OC)cc1)n2C. The first-order valence-electron chi connectivity index (χ1n) is 7.83. The van der Waals surface area contributed by atoms with E-state index in [0.717, 1.165) is 21.7 Å². The lowest BCUT2D eigenvalue weighted by Gasteiger charge is -2.03. The number of urea groups is 1. The van der Waals surface area contributed by atoms with Crippen molar-refractivity contribution in [3.63, 3.8) is 0 Å². The van der Waals surface area contributed by atoms with Gasteiger partial charge < -0.3 is 19.4 Å². The van der Waals surface area contributed by atoms with Gasteiger partial charge in [0.25, 0.3) is 0 Å². The fraction of sp³-hybridized carbons (Fsp3) is 0.222. The van der Waals surface area contributed by atoms with Crippen molar-refractivity contribution < 1.29 is 14.3 Å². The van der Waals surface area contributed by atoms with Crippen molar-refractivity contribution in [2.45, 2.75) is 6.92 Å². The van der Waals surface area contributed by atoms with E-state index >= 15 is 0 Å². The summed E-state index contributed by atoms with van der Waals surface area (Å²) < 4.78 is 13.5. The van der Waals surface area contributed by atoms with Crippen LogP contribution in [0.2, 0.25) is 0 Å². The first-order valence-corrected chi connectivity index (χ1v) is 8.64. The van der Waals surface area contributed by atoms with Gasteiger partial charge in [0.15, 0.2) is 4.80 Å². The molecule has 1 heterocycles. The lowest BCUT2D eigenvalue weighted by molar-refractivity contribution is 0.259. The molecule has 25 heavy (non-hydrogen) atoms. The molecule has 0 bridgehead atoms. The number of aromatic nitrogens is 1. The first-order chi connectivity index (χ1) is 12.1. The summed E-state index contributed by atoms with van der Waals surface area (Å²) in [5.41, 5.74) is 1.67. The van der Waals surface area contributed by atoms with Crippen LogP contribution >= 0.6 is 11.3 Å². The van der Waals surface area contributed by atoms with Gasteiger partial charge in [-0.15, -0.1) is 0 Å². The molecule has 0 spiro atoms. The molecule has 0 saturated carbocycles. The number of aryl methyl sites for hydroxylation is 1. The van der Waals surface area contributed by atoms with Gasteiger partial charge >= 0.3 is 6.03 Å². The lowest BCUT2D eigenvalue weighted by Crippen LogP contribution is -2.16. The first kappa shape index (κ1) is 17.0. The summed E-state index contributed by atoms with van der Waals surface area (Å²) in [6.07, 6.45) is 0. The number of benzene rings is 2. The zero-order valence-electron chi connectivity index (χ0n) is 14.3. The number of fused-ring (bicyclic) bond motifs is 1. The Bertz CT molecular complexity index is 958. The molecule has 2 amide bonds. The summed E-state index contributed by atoms with van der Waals surface area (Å²) in [6.45, 7) is 2.56. The Hall–Kier alpha value is -2.80. The molecule has 0 saturated heterocycles. The van der Waals surface area contributed by atoms with Crippen LogP contribution in [0, 0.1) is 0 Å². The lowest BCUT2D eigenvalue weighted by atomic mass is 10.3. The van der Waals surface area contributed by atoms with Gasteiger partial charge in [0.2, 0.25) is 0 Å². The van der Waals surface area contributed by atoms with E-state index in [4.69, 9.17) is 9.47 Å². The average molecular weight is 357 g/mol. The zero-order valence-corrected chi connectivity index (χ0v) is 15.1. The van der Waals surface area contributed by atoms with Crippen LogP contribution in [0.3, 0.4) is 0 Å². The molecule has 0 radical (unpaired) electrons. The molecule has 3 aromatic rings. The summed E-state index contributed by atoms with van der Waals surface area (Å²) >= 11 is 1.44. The van der Waals surface area contributed by atoms with Gasteiger partial charge in [-0.1, -0.05) is 11.3 Å². The Morgan fingerprint density at radius 1 is 1.20 bits per heavy atom. The summed E-state index contributed by atoms with van der Waals surface area (Å²) in [5, 5.41) is 2.75. The highest BCUT2D eigenvalue weighted by atomic mass is 32.1. The Morgan fingerprint density at radius 2 is 1.92 bits per heavy atom. The predicted octanol–water partition coefficient (Wildman–Crippen LogP) is 3.78. The molecule has 1 aromatic heterocycles. The Kier molecular flexibility index (Phi) is 5.04. The second kappa shape index (κ2) is 7.40. The molecule has 1 N–H and O–H groups in total. The van der Waals surface area contributed by atoms with Crippen molar-refractivity contribution in [3.05, 3.63) is 47.3 Å². The molecule has 7 heteroatoms. The van der Waals surface area contributed by atoms with E-state index < -0.39 is 6.03 Å². The number of methoxy groups -OCH3 is 1. The van der Waals surface area contributed by atoms with Crippen LogP contribution in [0.5, 0.6) is 11.5 Å². The molecule has 0 aliphatic rings. The van der Waals surface area contributed by atoms with E-state index in [2.05, 4.69) is 10.3 Å². The summed E-state index contributed by atoms with van der Waals surface area (Å²) in [4.78, 5) is 17.0. The fourth-order valence-electron chi connectivity index (χ4n) is 2.39. The number of carbonyl (C=O) groups is 1. The Balaban J connectivity index is 1.86. The number of nitrogens with one attached hydrogen (secondary N) is 1. The highest BCUT2D eigenvalue weighted by Gasteiger charge is 2.07. The van der Waals surface area contributed by atoms with Crippen LogP contribution in [0.4, 0.5) is 10.5 Å². The van der Waals surface area contributed by atoms with E-state index in [9.17, 15) is 4.79 Å². The minimum atomic E-state index is -0.419. The Labute approximate surface area is 149 Å². The van der Waals surface area contributed by atoms with Crippen molar-refractivity contribution >= 4 is 33.3 Å². The monoisotopic (exact) mass is 357 g/mol. The minimum absolute atomic E-state index is 0.419. The Morgan fingerprint density at radius 3 is 2.60 bits per heavy atom. The predicted molar refractivity (Wildman–Crippen MR) is 99.5 cm³/mol. The molecule has 0 aliphatic carbocycles. The van der Waals surface area contributed by atoms with Crippen LogP contribution in [0.1, 0.15) is 6.92 Å². The standard InChI is InChI=1S/C18H19N3O3S/c1-4-24-14-9-10-15-16(11-14)25-18(21(15)2)20-17(22)19-12-5-7-13(23-3)8-6-12/h5-11H,4H2,1-3H3,(H,19,22)/b20-18-. The number of nitrogens with zero attached hydrogens (tertiary/aromatic N) is 2. The number of amides is 2. The van der Waals surface area contributed by atoms with Crippen molar-refractivity contribution in [1.82, 2.24) is 4.57 Å². The van der Waals surface area contributed by atoms with Crippen LogP contribution < -0.4 is 19.6 Å².